The Kier molecular flexibility index (Phi) is 5.15. The van der Waals surface area contributed by atoms with Crippen LogP contribution in [0.4, 0.5) is 0 Å². The zero-order valence-corrected chi connectivity index (χ0v) is 14.0. The Balaban J connectivity index is 1.70. The molecule has 128 valence electrons. The van der Waals surface area contributed by atoms with Gasteiger partial charge in [-0.25, -0.2) is 0 Å². The van der Waals surface area contributed by atoms with Crippen molar-refractivity contribution in [3.05, 3.63) is 36.0 Å². The number of carbonyl (C=O) groups excluding carboxylic acids is 1. The zero-order valence-electron chi connectivity index (χ0n) is 14.0. The molecule has 0 spiro atoms. The van der Waals surface area contributed by atoms with E-state index in [4.69, 9.17) is 14.0 Å². The topological polar surface area (TPSA) is 64.8 Å². The van der Waals surface area contributed by atoms with E-state index in [1.54, 1.807) is 18.9 Å². The third kappa shape index (κ3) is 3.94. The summed E-state index contributed by atoms with van der Waals surface area (Å²) in [4.78, 5) is 13.6. The first-order chi connectivity index (χ1) is 11.7. The van der Waals surface area contributed by atoms with Gasteiger partial charge in [0, 0.05) is 31.7 Å². The molecule has 6 heteroatoms. The van der Waals surface area contributed by atoms with Crippen molar-refractivity contribution in [1.29, 1.82) is 0 Å². The molecule has 0 radical (unpaired) electrons. The van der Waals surface area contributed by atoms with Crippen LogP contribution in [-0.2, 0) is 16.1 Å². The van der Waals surface area contributed by atoms with Gasteiger partial charge in [0.15, 0.2) is 5.76 Å². The maximum absolute atomic E-state index is 11.9. The summed E-state index contributed by atoms with van der Waals surface area (Å²) in [5.74, 6) is 1.43. The fourth-order valence-electron chi connectivity index (χ4n) is 2.83. The number of ether oxygens (including phenoxy) is 2. The molecule has 0 aliphatic carbocycles. The highest BCUT2D eigenvalue weighted by molar-refractivity contribution is 5.73. The number of amides is 1. The fourth-order valence-corrected chi connectivity index (χ4v) is 2.83. The summed E-state index contributed by atoms with van der Waals surface area (Å²) in [7, 11) is 1.63. The molecule has 0 bridgehead atoms. The molecule has 1 aliphatic rings. The van der Waals surface area contributed by atoms with Crippen molar-refractivity contribution < 1.29 is 18.8 Å². The van der Waals surface area contributed by atoms with Gasteiger partial charge in [0.1, 0.15) is 11.4 Å². The van der Waals surface area contributed by atoms with Crippen LogP contribution in [-0.4, -0.2) is 42.3 Å². The second kappa shape index (κ2) is 7.49. The Morgan fingerprint density at radius 2 is 2.29 bits per heavy atom. The predicted octanol–water partition coefficient (Wildman–Crippen LogP) is 2.88. The van der Waals surface area contributed by atoms with Crippen molar-refractivity contribution >= 4 is 5.91 Å². The van der Waals surface area contributed by atoms with Crippen LogP contribution in [0.2, 0.25) is 0 Å². The van der Waals surface area contributed by atoms with E-state index in [9.17, 15) is 4.79 Å². The van der Waals surface area contributed by atoms with Gasteiger partial charge in [0.05, 0.1) is 19.8 Å². The van der Waals surface area contributed by atoms with Crippen LogP contribution in [0.5, 0.6) is 5.75 Å². The van der Waals surface area contributed by atoms with Gasteiger partial charge in [-0.05, 0) is 25.0 Å². The van der Waals surface area contributed by atoms with E-state index in [2.05, 4.69) is 5.16 Å². The number of methoxy groups -OCH3 is 1. The standard InChI is InChI=1S/C18H22N2O4/c1-13(21)20(12-17-7-4-8-23-17)11-15-10-18(24-19-15)14-5-3-6-16(9-14)22-2/h3,5-6,9-10,17H,4,7-8,11-12H2,1-2H3/t17-/m0/s1. The largest absolute Gasteiger partial charge is 0.497 e. The van der Waals surface area contributed by atoms with Crippen molar-refractivity contribution in [3.8, 4) is 17.1 Å². The molecule has 0 saturated carbocycles. The van der Waals surface area contributed by atoms with Crippen LogP contribution in [0.1, 0.15) is 25.5 Å². The van der Waals surface area contributed by atoms with Gasteiger partial charge in [-0.2, -0.15) is 0 Å². The minimum absolute atomic E-state index is 0.0106. The predicted molar refractivity (Wildman–Crippen MR) is 88.6 cm³/mol. The van der Waals surface area contributed by atoms with Gasteiger partial charge in [-0.15, -0.1) is 0 Å². The number of carbonyl (C=O) groups is 1. The SMILES string of the molecule is COc1cccc(-c2cc(CN(C[C@@H]3CCCO3)C(C)=O)no2)c1. The molecular weight excluding hydrogens is 308 g/mol. The third-order valence-electron chi connectivity index (χ3n) is 4.16. The number of nitrogens with zero attached hydrogens (tertiary/aromatic N) is 2. The molecule has 2 heterocycles. The number of benzene rings is 1. The smallest absolute Gasteiger partial charge is 0.219 e. The van der Waals surface area contributed by atoms with Crippen LogP contribution >= 0.6 is 0 Å². The lowest BCUT2D eigenvalue weighted by atomic mass is 10.1. The van der Waals surface area contributed by atoms with Gasteiger partial charge in [-0.1, -0.05) is 17.3 Å². The van der Waals surface area contributed by atoms with Gasteiger partial charge >= 0.3 is 0 Å². The average Bonchev–Trinajstić information content (AvgIpc) is 3.26. The third-order valence-corrected chi connectivity index (χ3v) is 4.16. The normalized spacial score (nSPS) is 17.0. The summed E-state index contributed by atoms with van der Waals surface area (Å²) < 4.78 is 16.3. The highest BCUT2D eigenvalue weighted by Gasteiger charge is 2.22. The van der Waals surface area contributed by atoms with Crippen molar-refractivity contribution in [2.24, 2.45) is 0 Å². The van der Waals surface area contributed by atoms with Gasteiger partial charge in [0.25, 0.3) is 0 Å². The molecule has 1 amide bonds. The van der Waals surface area contributed by atoms with Crippen LogP contribution in [0.15, 0.2) is 34.9 Å². The minimum atomic E-state index is 0.0106. The summed E-state index contributed by atoms with van der Waals surface area (Å²) in [6.07, 6.45) is 2.18. The highest BCUT2D eigenvalue weighted by Crippen LogP contribution is 2.25. The Morgan fingerprint density at radius 1 is 1.42 bits per heavy atom. The molecule has 1 fully saturated rings. The van der Waals surface area contributed by atoms with Gasteiger partial charge < -0.3 is 18.9 Å². The zero-order chi connectivity index (χ0) is 16.9. The Labute approximate surface area is 141 Å². The van der Waals surface area contributed by atoms with E-state index in [0.29, 0.717) is 18.8 Å². The van der Waals surface area contributed by atoms with Crippen molar-refractivity contribution in [1.82, 2.24) is 10.1 Å². The lowest BCUT2D eigenvalue weighted by Gasteiger charge is -2.22. The molecule has 1 aromatic heterocycles. The molecule has 3 rings (SSSR count). The van der Waals surface area contributed by atoms with E-state index in [0.717, 1.165) is 36.5 Å². The Morgan fingerprint density at radius 3 is 3.00 bits per heavy atom. The van der Waals surface area contributed by atoms with Crippen LogP contribution in [0.25, 0.3) is 11.3 Å². The number of aromatic nitrogens is 1. The molecule has 1 aliphatic heterocycles. The Bertz CT molecular complexity index is 692. The second-order valence-electron chi connectivity index (χ2n) is 5.95. The van der Waals surface area contributed by atoms with E-state index >= 15 is 0 Å². The van der Waals surface area contributed by atoms with E-state index < -0.39 is 0 Å². The number of rotatable bonds is 6. The Hall–Kier alpha value is -2.34. The maximum Gasteiger partial charge on any atom is 0.219 e. The fraction of sp³-hybridized carbons (Fsp3) is 0.444. The molecule has 1 atom stereocenters. The number of hydrogen-bond donors (Lipinski definition) is 0. The molecule has 6 nitrogen and oxygen atoms in total. The number of hydrogen-bond acceptors (Lipinski definition) is 5. The van der Waals surface area contributed by atoms with Gasteiger partial charge in [0.2, 0.25) is 5.91 Å². The lowest BCUT2D eigenvalue weighted by Crippen LogP contribution is -2.35. The first-order valence-corrected chi connectivity index (χ1v) is 8.13. The first-order valence-electron chi connectivity index (χ1n) is 8.13. The first kappa shape index (κ1) is 16.5. The van der Waals surface area contributed by atoms with Crippen molar-refractivity contribution in [2.75, 3.05) is 20.3 Å². The monoisotopic (exact) mass is 330 g/mol. The summed E-state index contributed by atoms with van der Waals surface area (Å²) in [6.45, 7) is 3.36. The molecule has 0 N–H and O–H groups in total. The summed E-state index contributed by atoms with van der Waals surface area (Å²) in [6, 6.07) is 9.46. The molecule has 1 saturated heterocycles. The lowest BCUT2D eigenvalue weighted by molar-refractivity contribution is -0.131. The summed E-state index contributed by atoms with van der Waals surface area (Å²) in [5.41, 5.74) is 1.61. The molecule has 2 aromatic rings. The van der Waals surface area contributed by atoms with Crippen molar-refractivity contribution in [3.63, 3.8) is 0 Å². The molecule has 0 unspecified atom stereocenters. The van der Waals surface area contributed by atoms with E-state index in [-0.39, 0.29) is 12.0 Å². The minimum Gasteiger partial charge on any atom is -0.497 e. The van der Waals surface area contributed by atoms with E-state index in [1.165, 1.54) is 0 Å². The average molecular weight is 330 g/mol. The van der Waals surface area contributed by atoms with E-state index in [1.807, 2.05) is 30.3 Å². The molecular formula is C18H22N2O4. The quantitative estimate of drug-likeness (QED) is 0.815. The van der Waals surface area contributed by atoms with Gasteiger partial charge in [-0.3, -0.25) is 4.79 Å². The summed E-state index contributed by atoms with van der Waals surface area (Å²) >= 11 is 0. The van der Waals surface area contributed by atoms with Crippen molar-refractivity contribution in [2.45, 2.75) is 32.4 Å². The molecule has 1 aromatic carbocycles. The second-order valence-corrected chi connectivity index (χ2v) is 5.95. The van der Waals surface area contributed by atoms with Crippen LogP contribution < -0.4 is 4.74 Å². The maximum atomic E-state index is 11.9. The summed E-state index contributed by atoms with van der Waals surface area (Å²) in [5, 5.41) is 4.09. The van der Waals surface area contributed by atoms with Crippen LogP contribution in [0, 0.1) is 0 Å². The highest BCUT2D eigenvalue weighted by atomic mass is 16.5. The van der Waals surface area contributed by atoms with Crippen LogP contribution in [0.3, 0.4) is 0 Å². The molecule has 24 heavy (non-hydrogen) atoms.